The molecule has 0 aliphatic carbocycles. The highest BCUT2D eigenvalue weighted by Gasteiger charge is 2.44. The fourth-order valence-corrected chi connectivity index (χ4v) is 0.989. The van der Waals surface area contributed by atoms with Crippen LogP contribution in [0.1, 0.15) is 30.0 Å². The molecule has 1 N–H and O–H groups in total. The van der Waals surface area contributed by atoms with Crippen LogP contribution in [0.4, 0.5) is 17.6 Å². The van der Waals surface area contributed by atoms with Gasteiger partial charge in [-0.15, -0.1) is 0 Å². The molecule has 0 atom stereocenters. The molecule has 0 amide bonds. The minimum absolute atomic E-state index is 0.460. The number of hydrogen-bond acceptors (Lipinski definition) is 3. The van der Waals surface area contributed by atoms with Crippen molar-refractivity contribution < 1.29 is 27.1 Å². The Morgan fingerprint density at radius 2 is 2.06 bits per heavy atom. The molecule has 0 unspecified atom stereocenters. The summed E-state index contributed by atoms with van der Waals surface area (Å²) in [6.45, 7) is 3.11. The van der Waals surface area contributed by atoms with Crippen LogP contribution in [-0.4, -0.2) is 28.7 Å². The molecule has 0 bridgehead atoms. The summed E-state index contributed by atoms with van der Waals surface area (Å²) in [4.78, 5) is 11.2. The van der Waals surface area contributed by atoms with E-state index in [2.05, 4.69) is 9.84 Å². The van der Waals surface area contributed by atoms with E-state index in [1.54, 1.807) is 18.9 Å². The Bertz CT molecular complexity index is 403. The number of H-pyrrole nitrogens is 1. The second-order valence-electron chi connectivity index (χ2n) is 3.54. The standard InChI is InChI=1S/C9H10F4N2O2/c1-4(2)17-7(16)5-3-6(15-14-5)9(12,13)8(10)11/h3-4,8H,1-2H3,(H,14,15). The van der Waals surface area contributed by atoms with Gasteiger partial charge < -0.3 is 4.74 Å². The van der Waals surface area contributed by atoms with E-state index in [0.29, 0.717) is 6.07 Å². The third-order valence-corrected chi connectivity index (χ3v) is 1.76. The van der Waals surface area contributed by atoms with Crippen LogP contribution in [0.2, 0.25) is 0 Å². The number of aromatic amines is 1. The molecule has 0 fully saturated rings. The van der Waals surface area contributed by atoms with Gasteiger partial charge in [0.05, 0.1) is 6.10 Å². The first-order valence-electron chi connectivity index (χ1n) is 4.68. The lowest BCUT2D eigenvalue weighted by Crippen LogP contribution is -2.24. The molecule has 1 aromatic rings. The van der Waals surface area contributed by atoms with Gasteiger partial charge in [-0.05, 0) is 13.8 Å². The fourth-order valence-electron chi connectivity index (χ4n) is 0.989. The van der Waals surface area contributed by atoms with E-state index in [1.807, 2.05) is 0 Å². The second-order valence-corrected chi connectivity index (χ2v) is 3.54. The Morgan fingerprint density at radius 1 is 1.47 bits per heavy atom. The molecule has 1 aromatic heterocycles. The summed E-state index contributed by atoms with van der Waals surface area (Å²) in [5, 5.41) is 4.91. The normalized spacial score (nSPS) is 12.2. The number of alkyl halides is 4. The van der Waals surface area contributed by atoms with Gasteiger partial charge in [0.2, 0.25) is 0 Å². The van der Waals surface area contributed by atoms with Gasteiger partial charge in [-0.25, -0.2) is 13.6 Å². The van der Waals surface area contributed by atoms with E-state index in [1.165, 1.54) is 0 Å². The maximum atomic E-state index is 12.8. The summed E-state index contributed by atoms with van der Waals surface area (Å²) in [6, 6.07) is 0.552. The quantitative estimate of drug-likeness (QED) is 0.662. The number of aromatic nitrogens is 2. The van der Waals surface area contributed by atoms with Crippen LogP contribution in [-0.2, 0) is 10.7 Å². The molecular formula is C9H10F4N2O2. The number of nitrogens with one attached hydrogen (secondary N) is 1. The molecule has 4 nitrogen and oxygen atoms in total. The molecule has 1 rings (SSSR count). The zero-order chi connectivity index (χ0) is 13.2. The highest BCUT2D eigenvalue weighted by atomic mass is 19.3. The van der Waals surface area contributed by atoms with Gasteiger partial charge in [0.15, 0.2) is 5.69 Å². The van der Waals surface area contributed by atoms with E-state index in [9.17, 15) is 22.4 Å². The number of ether oxygens (including phenoxy) is 1. The maximum Gasteiger partial charge on any atom is 0.359 e. The number of esters is 1. The van der Waals surface area contributed by atoms with Gasteiger partial charge in [-0.1, -0.05) is 0 Å². The number of nitrogens with zero attached hydrogens (tertiary/aromatic N) is 1. The lowest BCUT2D eigenvalue weighted by Gasteiger charge is -2.11. The predicted molar refractivity (Wildman–Crippen MR) is 49.0 cm³/mol. The SMILES string of the molecule is CC(C)OC(=O)c1cc(C(F)(F)C(F)F)[nH]n1. The molecule has 1 heterocycles. The van der Waals surface area contributed by atoms with Crippen molar-refractivity contribution in [3.05, 3.63) is 17.5 Å². The van der Waals surface area contributed by atoms with Gasteiger partial charge in [0.25, 0.3) is 0 Å². The molecule has 96 valence electrons. The van der Waals surface area contributed by atoms with Crippen molar-refractivity contribution in [3.63, 3.8) is 0 Å². The van der Waals surface area contributed by atoms with Crippen molar-refractivity contribution in [2.45, 2.75) is 32.3 Å². The fraction of sp³-hybridized carbons (Fsp3) is 0.556. The summed E-state index contributed by atoms with van der Waals surface area (Å²) in [6.07, 6.45) is -4.34. The zero-order valence-corrected chi connectivity index (χ0v) is 9.01. The Kier molecular flexibility index (Phi) is 3.74. The molecule has 0 aliphatic rings. The number of carbonyl (C=O) groups is 1. The summed E-state index contributed by atoms with van der Waals surface area (Å²) in [5.74, 6) is -5.32. The topological polar surface area (TPSA) is 55.0 Å². The van der Waals surface area contributed by atoms with Crippen LogP contribution >= 0.6 is 0 Å². The molecule has 0 radical (unpaired) electrons. The summed E-state index contributed by atoms with van der Waals surface area (Å²) >= 11 is 0. The molecule has 0 saturated heterocycles. The van der Waals surface area contributed by atoms with Crippen LogP contribution in [0.25, 0.3) is 0 Å². The van der Waals surface area contributed by atoms with Crippen LogP contribution in [0.5, 0.6) is 0 Å². The van der Waals surface area contributed by atoms with Crippen molar-refractivity contribution >= 4 is 5.97 Å². The van der Waals surface area contributed by atoms with Crippen LogP contribution in [0.15, 0.2) is 6.07 Å². The smallest absolute Gasteiger partial charge is 0.359 e. The third kappa shape index (κ3) is 2.95. The molecule has 0 spiro atoms. The minimum atomic E-state index is -4.37. The molecule has 0 aliphatic heterocycles. The number of carbonyl (C=O) groups excluding carboxylic acids is 1. The summed E-state index contributed by atoms with van der Waals surface area (Å²) < 4.78 is 54.4. The molecular weight excluding hydrogens is 244 g/mol. The number of halogens is 4. The van der Waals surface area contributed by atoms with Gasteiger partial charge in [0.1, 0.15) is 5.69 Å². The number of rotatable bonds is 4. The van der Waals surface area contributed by atoms with Gasteiger partial charge in [0, 0.05) is 6.07 Å². The molecule has 8 heteroatoms. The maximum absolute atomic E-state index is 12.8. The van der Waals surface area contributed by atoms with E-state index >= 15 is 0 Å². The van der Waals surface area contributed by atoms with Crippen LogP contribution in [0, 0.1) is 0 Å². The van der Waals surface area contributed by atoms with Crippen molar-refractivity contribution in [1.29, 1.82) is 0 Å². The first-order valence-corrected chi connectivity index (χ1v) is 4.68. The van der Waals surface area contributed by atoms with Crippen molar-refractivity contribution in [2.24, 2.45) is 0 Å². The summed E-state index contributed by atoms with van der Waals surface area (Å²) in [7, 11) is 0. The monoisotopic (exact) mass is 254 g/mol. The average Bonchev–Trinajstić information content (AvgIpc) is 2.65. The Morgan fingerprint density at radius 3 is 2.53 bits per heavy atom. The average molecular weight is 254 g/mol. The highest BCUT2D eigenvalue weighted by Crippen LogP contribution is 2.33. The Balaban J connectivity index is 2.89. The first-order chi connectivity index (χ1) is 7.75. The van der Waals surface area contributed by atoms with E-state index in [0.717, 1.165) is 0 Å². The molecule has 0 saturated carbocycles. The second kappa shape index (κ2) is 4.72. The van der Waals surface area contributed by atoms with E-state index in [-0.39, 0.29) is 0 Å². The van der Waals surface area contributed by atoms with Crippen LogP contribution < -0.4 is 0 Å². The van der Waals surface area contributed by atoms with Gasteiger partial charge in [-0.2, -0.15) is 13.9 Å². The van der Waals surface area contributed by atoms with E-state index in [4.69, 9.17) is 0 Å². The van der Waals surface area contributed by atoms with E-state index < -0.39 is 35.8 Å². The first kappa shape index (κ1) is 13.5. The minimum Gasteiger partial charge on any atom is -0.458 e. The van der Waals surface area contributed by atoms with Crippen LogP contribution in [0.3, 0.4) is 0 Å². The third-order valence-electron chi connectivity index (χ3n) is 1.76. The highest BCUT2D eigenvalue weighted by molar-refractivity contribution is 5.87. The Hall–Kier alpha value is -1.60. The lowest BCUT2D eigenvalue weighted by atomic mass is 10.2. The van der Waals surface area contributed by atoms with Crippen molar-refractivity contribution in [3.8, 4) is 0 Å². The van der Waals surface area contributed by atoms with Gasteiger partial charge >= 0.3 is 18.3 Å². The zero-order valence-electron chi connectivity index (χ0n) is 9.01. The Labute approximate surface area is 94.0 Å². The number of hydrogen-bond donors (Lipinski definition) is 1. The summed E-state index contributed by atoms with van der Waals surface area (Å²) in [5.41, 5.74) is -1.59. The molecule has 17 heavy (non-hydrogen) atoms. The lowest BCUT2D eigenvalue weighted by molar-refractivity contribution is -0.138. The predicted octanol–water partition coefficient (Wildman–Crippen LogP) is 2.33. The largest absolute Gasteiger partial charge is 0.458 e. The van der Waals surface area contributed by atoms with Crippen molar-refractivity contribution in [1.82, 2.24) is 10.2 Å². The van der Waals surface area contributed by atoms with Gasteiger partial charge in [-0.3, -0.25) is 5.10 Å². The molecule has 0 aromatic carbocycles. The van der Waals surface area contributed by atoms with Crippen molar-refractivity contribution in [2.75, 3.05) is 0 Å².